The Morgan fingerprint density at radius 3 is 1.10 bits per heavy atom. The van der Waals surface area contributed by atoms with Gasteiger partial charge in [0.1, 0.15) is 68.4 Å². The molecular formula is C37H46O12. The van der Waals surface area contributed by atoms with Crippen LogP contribution < -0.4 is 9.47 Å². The van der Waals surface area contributed by atoms with Crippen LogP contribution in [0.5, 0.6) is 51.7 Å². The van der Waals surface area contributed by atoms with Crippen molar-refractivity contribution >= 4 is 17.3 Å². The quantitative estimate of drug-likeness (QED) is 0.0984. The van der Waals surface area contributed by atoms with E-state index in [9.17, 15) is 50.1 Å². The maximum Gasteiger partial charge on any atom is 0.173 e. The van der Waals surface area contributed by atoms with Crippen molar-refractivity contribution in [3.05, 3.63) is 50.1 Å². The van der Waals surface area contributed by atoms with Gasteiger partial charge in [-0.1, -0.05) is 41.5 Å². The number of rotatable bonds is 13. The van der Waals surface area contributed by atoms with Gasteiger partial charge >= 0.3 is 0 Å². The van der Waals surface area contributed by atoms with Crippen molar-refractivity contribution in [3.63, 3.8) is 0 Å². The van der Waals surface area contributed by atoms with Gasteiger partial charge in [0.2, 0.25) is 0 Å². The fourth-order valence-electron chi connectivity index (χ4n) is 5.84. The Kier molecular flexibility index (Phi) is 11.4. The van der Waals surface area contributed by atoms with E-state index in [1.54, 1.807) is 41.5 Å². The second-order valence-electron chi connectivity index (χ2n) is 12.9. The van der Waals surface area contributed by atoms with Crippen molar-refractivity contribution in [2.45, 2.75) is 74.7 Å². The molecule has 0 saturated carbocycles. The number of phenolic OH excluding ortho intramolecular Hbond substituents is 7. The topological polar surface area (TPSA) is 211 Å². The number of carbonyl (C=O) groups is 3. The third-order valence-electron chi connectivity index (χ3n) is 9.04. The largest absolute Gasteiger partial charge is 0.507 e. The molecule has 0 aliphatic rings. The molecule has 0 saturated heterocycles. The highest BCUT2D eigenvalue weighted by molar-refractivity contribution is 6.06. The molecule has 12 heteroatoms. The first-order valence-corrected chi connectivity index (χ1v) is 15.9. The van der Waals surface area contributed by atoms with Crippen molar-refractivity contribution in [2.75, 3.05) is 14.2 Å². The lowest BCUT2D eigenvalue weighted by Crippen LogP contribution is -2.14. The van der Waals surface area contributed by atoms with E-state index in [0.717, 1.165) is 0 Å². The normalized spacial score (nSPS) is 12.0. The van der Waals surface area contributed by atoms with E-state index in [-0.39, 0.29) is 44.9 Å². The maximum atomic E-state index is 13.6. The minimum Gasteiger partial charge on any atom is -0.507 e. The van der Waals surface area contributed by atoms with E-state index in [2.05, 4.69) is 0 Å². The minimum absolute atomic E-state index is 0.0718. The van der Waals surface area contributed by atoms with Crippen molar-refractivity contribution in [1.29, 1.82) is 0 Å². The third kappa shape index (κ3) is 6.51. The lowest BCUT2D eigenvalue weighted by Gasteiger charge is -2.23. The summed E-state index contributed by atoms with van der Waals surface area (Å²) in [5.41, 5.74) is -2.30. The maximum absolute atomic E-state index is 13.6. The predicted molar refractivity (Wildman–Crippen MR) is 181 cm³/mol. The monoisotopic (exact) mass is 682 g/mol. The zero-order valence-corrected chi connectivity index (χ0v) is 29.5. The van der Waals surface area contributed by atoms with E-state index in [1.165, 1.54) is 28.1 Å². The molecule has 7 N–H and O–H groups in total. The summed E-state index contributed by atoms with van der Waals surface area (Å²) in [6.45, 7) is 12.6. The second-order valence-corrected chi connectivity index (χ2v) is 12.9. The Morgan fingerprint density at radius 2 is 0.816 bits per heavy atom. The first kappa shape index (κ1) is 38.3. The van der Waals surface area contributed by atoms with Crippen molar-refractivity contribution in [3.8, 4) is 51.7 Å². The van der Waals surface area contributed by atoms with Crippen molar-refractivity contribution in [2.24, 2.45) is 17.8 Å². The summed E-state index contributed by atoms with van der Waals surface area (Å²) in [6.07, 6.45) is -0.990. The molecular weight excluding hydrogens is 636 g/mol. The summed E-state index contributed by atoms with van der Waals surface area (Å²) in [4.78, 5) is 39.9. The lowest BCUT2D eigenvalue weighted by atomic mass is 9.85. The third-order valence-corrected chi connectivity index (χ3v) is 9.04. The van der Waals surface area contributed by atoms with E-state index in [4.69, 9.17) is 9.47 Å². The van der Waals surface area contributed by atoms with Crippen molar-refractivity contribution in [1.82, 2.24) is 0 Å². The average Bonchev–Trinajstić information content (AvgIpc) is 3.05. The van der Waals surface area contributed by atoms with Crippen LogP contribution in [0.15, 0.2) is 0 Å². The average molecular weight is 683 g/mol. The molecule has 0 bridgehead atoms. The van der Waals surface area contributed by atoms with Gasteiger partial charge in [-0.3, -0.25) is 14.4 Å². The molecule has 0 unspecified atom stereocenters. The highest BCUT2D eigenvalue weighted by Gasteiger charge is 2.35. The van der Waals surface area contributed by atoms with Crippen LogP contribution in [0.1, 0.15) is 112 Å². The number of hydrogen-bond acceptors (Lipinski definition) is 12. The van der Waals surface area contributed by atoms with Gasteiger partial charge in [0.05, 0.1) is 14.2 Å². The number of ketones is 3. The van der Waals surface area contributed by atoms with Gasteiger partial charge < -0.3 is 45.2 Å². The van der Waals surface area contributed by atoms with Crippen LogP contribution in [0.25, 0.3) is 0 Å². The van der Waals surface area contributed by atoms with Crippen molar-refractivity contribution < 1.29 is 59.6 Å². The zero-order chi connectivity index (χ0) is 37.4. The molecule has 3 rings (SSSR count). The van der Waals surface area contributed by atoms with Gasteiger partial charge in [-0.15, -0.1) is 0 Å². The molecule has 3 aromatic carbocycles. The number of Topliss-reactive ketones (excluding diaryl/α,β-unsaturated/α-hetero) is 3. The van der Waals surface area contributed by atoms with Gasteiger partial charge in [0.25, 0.3) is 0 Å². The Balaban J connectivity index is 2.47. The summed E-state index contributed by atoms with van der Waals surface area (Å²) in [5.74, 6) is -8.68. The molecule has 0 fully saturated rings. The first-order valence-electron chi connectivity index (χ1n) is 15.9. The number of ether oxygens (including phenoxy) is 2. The molecule has 0 radical (unpaired) electrons. The van der Waals surface area contributed by atoms with Gasteiger partial charge in [0.15, 0.2) is 17.3 Å². The van der Waals surface area contributed by atoms with Gasteiger partial charge in [-0.2, -0.15) is 0 Å². The predicted octanol–water partition coefficient (Wildman–Crippen LogP) is 6.35. The van der Waals surface area contributed by atoms with Crippen LogP contribution in [-0.4, -0.2) is 67.3 Å². The highest BCUT2D eigenvalue weighted by atomic mass is 16.5. The van der Waals surface area contributed by atoms with Crippen LogP contribution in [0.3, 0.4) is 0 Å². The lowest BCUT2D eigenvalue weighted by molar-refractivity contribution is 0.0916. The van der Waals surface area contributed by atoms with E-state index in [0.29, 0.717) is 6.42 Å². The zero-order valence-electron chi connectivity index (χ0n) is 29.5. The number of benzene rings is 3. The number of phenols is 7. The van der Waals surface area contributed by atoms with Crippen LogP contribution in [0.2, 0.25) is 0 Å². The Labute approximate surface area is 285 Å². The Morgan fingerprint density at radius 1 is 0.510 bits per heavy atom. The second kappa shape index (κ2) is 14.6. The Bertz CT molecular complexity index is 1720. The van der Waals surface area contributed by atoms with Gasteiger partial charge in [-0.25, -0.2) is 0 Å². The van der Waals surface area contributed by atoms with Gasteiger partial charge in [0, 0.05) is 64.0 Å². The fourth-order valence-corrected chi connectivity index (χ4v) is 5.84. The minimum atomic E-state index is -0.844. The Hall–Kier alpha value is -5.13. The molecule has 0 aliphatic heterocycles. The van der Waals surface area contributed by atoms with Crippen LogP contribution in [0, 0.1) is 31.6 Å². The molecule has 266 valence electrons. The molecule has 0 heterocycles. The van der Waals surface area contributed by atoms with Crippen LogP contribution in [-0.2, 0) is 12.8 Å². The molecule has 49 heavy (non-hydrogen) atoms. The SMILES string of the molecule is CC[C@@H](C)C(=O)c1c(O)c(Cc2c(O)c(C)c(OC)c(C(=O)C(C)C)c2O)c(O)c(Cc2c(O)c(C)c(OC)c(C(=O)C(C)C)c2O)c1O. The first-order chi connectivity index (χ1) is 22.8. The van der Waals surface area contributed by atoms with E-state index < -0.39 is 105 Å². The van der Waals surface area contributed by atoms with Gasteiger partial charge in [-0.05, 0) is 20.3 Å². The fraction of sp³-hybridized carbons (Fsp3) is 0.432. The molecule has 0 amide bonds. The standard InChI is InChI=1S/C37H46O12/c1-11-16(6)28(40)23-32(44)21(12-19-29(41)17(7)36(48-9)24(34(19)46)26(38)14(2)3)31(43)22(33(23)45)13-20-30(42)18(8)37(49-10)25(35(20)47)27(39)15(4)5/h14-16,41-47H,11-13H2,1-10H3/t16-/m1/s1. The van der Waals surface area contributed by atoms with Crippen LogP contribution >= 0.6 is 0 Å². The number of methoxy groups -OCH3 is 2. The summed E-state index contributed by atoms with van der Waals surface area (Å²) in [5, 5.41) is 79.7. The molecule has 0 spiro atoms. The van der Waals surface area contributed by atoms with E-state index in [1.807, 2.05) is 0 Å². The molecule has 0 aliphatic carbocycles. The summed E-state index contributed by atoms with van der Waals surface area (Å²) >= 11 is 0. The number of carbonyl (C=O) groups excluding carboxylic acids is 3. The summed E-state index contributed by atoms with van der Waals surface area (Å²) < 4.78 is 10.7. The molecule has 1 atom stereocenters. The smallest absolute Gasteiger partial charge is 0.173 e. The summed E-state index contributed by atoms with van der Waals surface area (Å²) in [7, 11) is 2.53. The highest BCUT2D eigenvalue weighted by Crippen LogP contribution is 2.51. The number of aromatic hydroxyl groups is 7. The molecule has 12 nitrogen and oxygen atoms in total. The van der Waals surface area contributed by atoms with Crippen LogP contribution in [0.4, 0.5) is 0 Å². The number of hydrogen-bond donors (Lipinski definition) is 7. The molecule has 0 aromatic heterocycles. The molecule has 3 aromatic rings. The summed E-state index contributed by atoms with van der Waals surface area (Å²) in [6, 6.07) is 0. The van der Waals surface area contributed by atoms with E-state index >= 15 is 0 Å².